The second-order valence-electron chi connectivity index (χ2n) is 0. The normalized spacial score (nSPS) is 0. The first-order valence-corrected chi connectivity index (χ1v) is 0. The summed E-state index contributed by atoms with van der Waals surface area (Å²) in [7, 11) is 0. The third kappa shape index (κ3) is 8.82. The molecular weight excluding hydrogens is 201 g/mol. The first-order valence-electron chi connectivity index (χ1n) is 0. The Bertz CT molecular complexity index is 13.5. The van der Waals surface area contributed by atoms with Gasteiger partial charge in [-0.15, -0.1) is 0 Å². The molecule has 0 spiro atoms. The monoisotopic (exact) mass is 205 g/mol. The average Bonchev–Trinajstić information content (AvgIpc) is 0. The molecule has 0 aliphatic heterocycles. The maximum Gasteiger partial charge on any atom is 2.00 e. The van der Waals surface area contributed by atoms with Crippen LogP contribution in [0.5, 0.6) is 0 Å². The van der Waals surface area contributed by atoms with Crippen molar-refractivity contribution >= 4 is 40.4 Å². The van der Waals surface area contributed by atoms with E-state index in [1.54, 1.807) is 0 Å². The molecule has 1 radical (unpaired) electrons. The molecule has 0 saturated heterocycles. The largest absolute Gasteiger partial charge is 2.00 e. The molecule has 0 fully saturated rings. The van der Waals surface area contributed by atoms with Crippen molar-refractivity contribution in [3.8, 4) is 0 Å². The molecule has 0 amide bonds. The summed E-state index contributed by atoms with van der Waals surface area (Å²) in [5.74, 6) is 0. The maximum absolute atomic E-state index is 0. The van der Waals surface area contributed by atoms with Crippen LogP contribution in [0.4, 0.5) is 0 Å². The van der Waals surface area contributed by atoms with Crippen LogP contribution in [-0.2, 0) is 43.0 Å². The zero-order valence-electron chi connectivity index (χ0n) is 3.54. The van der Waals surface area contributed by atoms with Gasteiger partial charge in [0, 0.05) is 43.0 Å². The molecule has 0 heterocycles. The van der Waals surface area contributed by atoms with Gasteiger partial charge in [0.05, 0.1) is 0 Å². The molecule has 0 aromatic rings. The predicted octanol–water partition coefficient (Wildman–Crippen LogP) is -1.34. The fourth-order valence-corrected chi connectivity index (χ4v) is 0. The van der Waals surface area contributed by atoms with E-state index in [0.717, 1.165) is 0 Å². The predicted molar refractivity (Wildman–Crippen MR) is 17.9 cm³/mol. The molecule has 0 aromatic heterocycles. The zero-order chi connectivity index (χ0) is 0. The summed E-state index contributed by atoms with van der Waals surface area (Å²) < 4.78 is 0. The van der Waals surface area contributed by atoms with Crippen molar-refractivity contribution < 1.29 is 45.8 Å². The molecule has 0 saturated carbocycles. The minimum atomic E-state index is 0. The molecule has 0 aliphatic rings. The number of hydrogen-bond donors (Lipinski definition) is 0. The molecule has 0 aliphatic carbocycles. The van der Waals surface area contributed by atoms with Crippen LogP contribution in [0.2, 0.25) is 0 Å². The van der Waals surface area contributed by atoms with Gasteiger partial charge in [0.2, 0.25) is 0 Å². The maximum atomic E-state index is 0. The van der Waals surface area contributed by atoms with E-state index in [9.17, 15) is 0 Å². The van der Waals surface area contributed by atoms with Crippen LogP contribution < -0.4 is 0 Å². The molecule has 0 rings (SSSR count). The van der Waals surface area contributed by atoms with Crippen molar-refractivity contribution in [1.29, 1.82) is 0 Å². The SMILES string of the molecule is [AlH3].[Co].[H-].[H-].[Mg+2].[Zr]. The molecule has 0 aromatic carbocycles. The number of hydrogen-bond acceptors (Lipinski definition) is 0. The standard InChI is InChI=1S/Al.Co.Mg.Zr.5H/q;;+2;;;;;2*-1. The topological polar surface area (TPSA) is 0 Å². The van der Waals surface area contributed by atoms with Crippen LogP contribution in [0.3, 0.4) is 0 Å². The summed E-state index contributed by atoms with van der Waals surface area (Å²) in [5, 5.41) is 0. The summed E-state index contributed by atoms with van der Waals surface area (Å²) in [4.78, 5) is 0. The third-order valence-corrected chi connectivity index (χ3v) is 0. The second kappa shape index (κ2) is 17.3. The van der Waals surface area contributed by atoms with Crippen LogP contribution in [-0.4, -0.2) is 40.4 Å². The third-order valence-electron chi connectivity index (χ3n) is 0. The van der Waals surface area contributed by atoms with Crippen molar-refractivity contribution in [1.82, 2.24) is 0 Å². The van der Waals surface area contributed by atoms with Gasteiger partial charge in [-0.2, -0.15) is 0 Å². The quantitative estimate of drug-likeness (QED) is 0.430. The van der Waals surface area contributed by atoms with E-state index in [2.05, 4.69) is 0 Å². The van der Waals surface area contributed by atoms with Gasteiger partial charge < -0.3 is 2.85 Å². The van der Waals surface area contributed by atoms with Crippen LogP contribution in [0, 0.1) is 0 Å². The summed E-state index contributed by atoms with van der Waals surface area (Å²) in [6, 6.07) is 0. The zero-order valence-corrected chi connectivity index (χ0v) is 6.45. The molecule has 23 valence electrons. The van der Waals surface area contributed by atoms with E-state index in [1.807, 2.05) is 0 Å². The van der Waals surface area contributed by atoms with E-state index < -0.39 is 0 Å². The Labute approximate surface area is 85.0 Å². The van der Waals surface area contributed by atoms with Crippen molar-refractivity contribution in [2.75, 3.05) is 0 Å². The summed E-state index contributed by atoms with van der Waals surface area (Å²) in [6.07, 6.45) is 0. The van der Waals surface area contributed by atoms with Crippen molar-refractivity contribution in [3.63, 3.8) is 0 Å². The Balaban J connectivity index is 0. The Hall–Kier alpha value is 2.69. The van der Waals surface area contributed by atoms with Gasteiger partial charge in [-0.25, -0.2) is 0 Å². The molecule has 0 unspecified atom stereocenters. The van der Waals surface area contributed by atoms with E-state index in [1.165, 1.54) is 0 Å². The van der Waals surface area contributed by atoms with E-state index in [0.29, 0.717) is 0 Å². The smallest absolute Gasteiger partial charge is 1.00 e. The minimum Gasteiger partial charge on any atom is -1.00 e. The second-order valence-corrected chi connectivity index (χ2v) is 0. The first kappa shape index (κ1) is 29.9. The summed E-state index contributed by atoms with van der Waals surface area (Å²) >= 11 is 0. The summed E-state index contributed by atoms with van der Waals surface area (Å²) in [5.41, 5.74) is 0. The molecular formula is H5AlCoMgZr. The molecule has 4 heteroatoms. The van der Waals surface area contributed by atoms with Crippen LogP contribution in [0.1, 0.15) is 2.85 Å². The number of rotatable bonds is 0. The van der Waals surface area contributed by atoms with Crippen LogP contribution in [0.25, 0.3) is 0 Å². The van der Waals surface area contributed by atoms with Crippen LogP contribution >= 0.6 is 0 Å². The van der Waals surface area contributed by atoms with Gasteiger partial charge in [-0.05, 0) is 0 Å². The van der Waals surface area contributed by atoms with Gasteiger partial charge in [-0.3, -0.25) is 0 Å². The molecule has 0 bridgehead atoms. The Morgan fingerprint density at radius 1 is 1.25 bits per heavy atom. The first-order chi connectivity index (χ1) is 0. The molecule has 0 nitrogen and oxygen atoms in total. The van der Waals surface area contributed by atoms with Crippen molar-refractivity contribution in [2.24, 2.45) is 0 Å². The van der Waals surface area contributed by atoms with Crippen molar-refractivity contribution in [2.45, 2.75) is 0 Å². The molecule has 4 heavy (non-hydrogen) atoms. The summed E-state index contributed by atoms with van der Waals surface area (Å²) in [6.45, 7) is 0. The van der Waals surface area contributed by atoms with Gasteiger partial charge in [0.25, 0.3) is 0 Å². The van der Waals surface area contributed by atoms with E-state index >= 15 is 0 Å². The Morgan fingerprint density at radius 3 is 1.25 bits per heavy atom. The molecule has 0 atom stereocenters. The molecule has 0 N–H and O–H groups in total. The van der Waals surface area contributed by atoms with Crippen molar-refractivity contribution in [3.05, 3.63) is 0 Å². The van der Waals surface area contributed by atoms with Gasteiger partial charge in [0.15, 0.2) is 17.4 Å². The van der Waals surface area contributed by atoms with Crippen LogP contribution in [0.15, 0.2) is 0 Å². The van der Waals surface area contributed by atoms with Gasteiger partial charge in [-0.1, -0.05) is 0 Å². The van der Waals surface area contributed by atoms with Gasteiger partial charge >= 0.3 is 23.1 Å². The Kier molecular flexibility index (Phi) is 130. The fourth-order valence-electron chi connectivity index (χ4n) is 0. The fraction of sp³-hybridized carbons (Fsp3) is 0. The van der Waals surface area contributed by atoms with Gasteiger partial charge in [0.1, 0.15) is 0 Å². The van der Waals surface area contributed by atoms with E-state index in [4.69, 9.17) is 0 Å². The minimum absolute atomic E-state index is 0. The average molecular weight is 206 g/mol. The Morgan fingerprint density at radius 2 is 1.25 bits per heavy atom. The van der Waals surface area contributed by atoms with E-state index in [-0.39, 0.29) is 86.2 Å².